The second kappa shape index (κ2) is 6.75. The van der Waals surface area contributed by atoms with Crippen molar-refractivity contribution in [1.82, 2.24) is 19.7 Å². The quantitative estimate of drug-likeness (QED) is 0.606. The van der Waals surface area contributed by atoms with Crippen LogP contribution in [0, 0.1) is 0 Å². The molecule has 0 amide bonds. The van der Waals surface area contributed by atoms with Crippen LogP contribution in [0.3, 0.4) is 0 Å². The number of anilines is 1. The van der Waals surface area contributed by atoms with Crippen LogP contribution in [-0.4, -0.2) is 39.4 Å². The average Bonchev–Trinajstić information content (AvgIpc) is 2.95. The molecular formula is C17H15BrF3N5O. The Morgan fingerprint density at radius 1 is 1.19 bits per heavy atom. The lowest BCUT2D eigenvalue weighted by Gasteiger charge is -2.34. The summed E-state index contributed by atoms with van der Waals surface area (Å²) in [5.41, 5.74) is 0.725. The van der Waals surface area contributed by atoms with E-state index in [4.69, 9.17) is 4.74 Å². The minimum atomic E-state index is -4.35. The normalized spacial score (nSPS) is 18.3. The van der Waals surface area contributed by atoms with E-state index in [0.717, 1.165) is 23.3 Å². The van der Waals surface area contributed by atoms with Crippen LogP contribution in [0.25, 0.3) is 11.0 Å². The molecule has 3 aromatic rings. The van der Waals surface area contributed by atoms with Crippen molar-refractivity contribution in [3.63, 3.8) is 0 Å². The van der Waals surface area contributed by atoms with Crippen LogP contribution in [0.5, 0.6) is 0 Å². The fourth-order valence-electron chi connectivity index (χ4n) is 3.20. The fraction of sp³-hybridized carbons (Fsp3) is 0.353. The lowest BCUT2D eigenvalue weighted by molar-refractivity contribution is -0.137. The van der Waals surface area contributed by atoms with Crippen molar-refractivity contribution in [2.75, 3.05) is 24.6 Å². The second-order valence-electron chi connectivity index (χ2n) is 6.24. The number of rotatable bonds is 2. The molecule has 0 bridgehead atoms. The summed E-state index contributed by atoms with van der Waals surface area (Å²) in [4.78, 5) is 10.7. The van der Waals surface area contributed by atoms with E-state index >= 15 is 0 Å². The average molecular weight is 442 g/mol. The molecule has 0 saturated carbocycles. The third-order valence-electron chi connectivity index (χ3n) is 4.53. The van der Waals surface area contributed by atoms with E-state index in [2.05, 4.69) is 31.0 Å². The maximum atomic E-state index is 12.8. The summed E-state index contributed by atoms with van der Waals surface area (Å²) in [7, 11) is 1.80. The molecule has 1 unspecified atom stereocenters. The first kappa shape index (κ1) is 18.2. The number of fused-ring (bicyclic) bond motifs is 1. The maximum Gasteiger partial charge on any atom is 0.416 e. The van der Waals surface area contributed by atoms with Crippen molar-refractivity contribution in [3.05, 3.63) is 46.3 Å². The molecule has 6 nitrogen and oxygen atoms in total. The molecule has 10 heteroatoms. The molecule has 1 aliphatic rings. The monoisotopic (exact) mass is 441 g/mol. The number of ether oxygens (including phenoxy) is 1. The van der Waals surface area contributed by atoms with Gasteiger partial charge in [-0.25, -0.2) is 14.6 Å². The van der Waals surface area contributed by atoms with Gasteiger partial charge in [-0.2, -0.15) is 18.3 Å². The Bertz CT molecular complexity index is 973. The number of hydrogen-bond acceptors (Lipinski definition) is 5. The number of benzene rings is 1. The first-order valence-electron chi connectivity index (χ1n) is 8.21. The van der Waals surface area contributed by atoms with Gasteiger partial charge in [0.2, 0.25) is 0 Å². The number of hydrogen-bond donors (Lipinski definition) is 0. The van der Waals surface area contributed by atoms with E-state index in [1.54, 1.807) is 11.7 Å². The predicted molar refractivity (Wildman–Crippen MR) is 96.4 cm³/mol. The predicted octanol–water partition coefficient (Wildman–Crippen LogP) is 3.72. The summed E-state index contributed by atoms with van der Waals surface area (Å²) in [5, 5.41) is 5.12. The van der Waals surface area contributed by atoms with Gasteiger partial charge in [0.1, 0.15) is 22.9 Å². The number of nitrogens with zero attached hydrogens (tertiary/aromatic N) is 5. The van der Waals surface area contributed by atoms with Gasteiger partial charge in [-0.3, -0.25) is 0 Å². The van der Waals surface area contributed by atoms with Crippen molar-refractivity contribution in [1.29, 1.82) is 0 Å². The molecule has 3 heterocycles. The zero-order valence-electron chi connectivity index (χ0n) is 14.2. The van der Waals surface area contributed by atoms with E-state index in [9.17, 15) is 13.2 Å². The molecular weight excluding hydrogens is 427 g/mol. The first-order chi connectivity index (χ1) is 12.8. The van der Waals surface area contributed by atoms with Gasteiger partial charge in [0.05, 0.1) is 17.6 Å². The lowest BCUT2D eigenvalue weighted by atomic mass is 10.0. The van der Waals surface area contributed by atoms with Crippen LogP contribution in [0.2, 0.25) is 0 Å². The Morgan fingerprint density at radius 2 is 1.93 bits per heavy atom. The maximum absolute atomic E-state index is 12.8. The summed E-state index contributed by atoms with van der Waals surface area (Å²) in [6.07, 6.45) is -3.22. The van der Waals surface area contributed by atoms with Gasteiger partial charge >= 0.3 is 6.18 Å². The highest BCUT2D eigenvalue weighted by atomic mass is 79.9. The third-order valence-corrected chi connectivity index (χ3v) is 5.09. The summed E-state index contributed by atoms with van der Waals surface area (Å²) < 4.78 is 46.4. The van der Waals surface area contributed by atoms with Gasteiger partial charge in [-0.05, 0) is 33.6 Å². The number of halogens is 4. The van der Waals surface area contributed by atoms with Crippen LogP contribution >= 0.6 is 15.9 Å². The summed E-state index contributed by atoms with van der Waals surface area (Å²) in [5.74, 6) is 0.722. The van der Waals surface area contributed by atoms with Crippen molar-refractivity contribution < 1.29 is 17.9 Å². The summed E-state index contributed by atoms with van der Waals surface area (Å²) in [6, 6.07) is 5.09. The van der Waals surface area contributed by atoms with Gasteiger partial charge < -0.3 is 9.64 Å². The Hall–Kier alpha value is -2.20. The van der Waals surface area contributed by atoms with Crippen LogP contribution in [0.15, 0.2) is 35.2 Å². The molecule has 0 N–H and O–H groups in total. The molecule has 27 heavy (non-hydrogen) atoms. The van der Waals surface area contributed by atoms with Gasteiger partial charge in [0.15, 0.2) is 5.65 Å². The van der Waals surface area contributed by atoms with Crippen LogP contribution in [-0.2, 0) is 18.0 Å². The Labute approximate surface area is 161 Å². The molecule has 1 fully saturated rings. The van der Waals surface area contributed by atoms with Gasteiger partial charge in [-0.1, -0.05) is 12.1 Å². The summed E-state index contributed by atoms with van der Waals surface area (Å²) in [6.45, 7) is 1.53. The fourth-order valence-corrected chi connectivity index (χ4v) is 3.79. The van der Waals surface area contributed by atoms with E-state index in [1.165, 1.54) is 18.5 Å². The second-order valence-corrected chi connectivity index (χ2v) is 6.99. The lowest BCUT2D eigenvalue weighted by Crippen LogP contribution is -2.39. The van der Waals surface area contributed by atoms with E-state index in [1.807, 2.05) is 4.90 Å². The zero-order chi connectivity index (χ0) is 19.2. The topological polar surface area (TPSA) is 56.1 Å². The third kappa shape index (κ3) is 3.39. The van der Waals surface area contributed by atoms with E-state index in [-0.39, 0.29) is 6.10 Å². The standard InChI is InChI=1S/C17H15BrF3N5O/c1-25-15-13(14(18)24-25)16(23-9-22-15)26-6-7-27-12(8-26)10-2-4-11(5-3-10)17(19,20)21/h2-5,9,12H,6-8H2,1H3. The number of alkyl halides is 3. The molecule has 0 aliphatic carbocycles. The molecule has 0 radical (unpaired) electrons. The van der Waals surface area contributed by atoms with Crippen molar-refractivity contribution >= 4 is 32.8 Å². The molecule has 1 aliphatic heterocycles. The largest absolute Gasteiger partial charge is 0.416 e. The molecule has 1 aromatic carbocycles. The van der Waals surface area contributed by atoms with Gasteiger partial charge in [-0.15, -0.1) is 0 Å². The Balaban J connectivity index is 1.62. The minimum Gasteiger partial charge on any atom is -0.370 e. The van der Waals surface area contributed by atoms with Crippen molar-refractivity contribution in [3.8, 4) is 0 Å². The van der Waals surface area contributed by atoms with Gasteiger partial charge in [0, 0.05) is 20.1 Å². The highest BCUT2D eigenvalue weighted by Gasteiger charge is 2.31. The highest BCUT2D eigenvalue weighted by Crippen LogP contribution is 2.34. The van der Waals surface area contributed by atoms with Crippen LogP contribution in [0.1, 0.15) is 17.2 Å². The molecule has 1 atom stereocenters. The molecule has 142 valence electrons. The van der Waals surface area contributed by atoms with Crippen molar-refractivity contribution in [2.24, 2.45) is 7.05 Å². The Kier molecular flexibility index (Phi) is 4.55. The molecule has 2 aromatic heterocycles. The van der Waals surface area contributed by atoms with Gasteiger partial charge in [0.25, 0.3) is 0 Å². The summed E-state index contributed by atoms with van der Waals surface area (Å²) >= 11 is 3.45. The molecule has 1 saturated heterocycles. The molecule has 0 spiro atoms. The minimum absolute atomic E-state index is 0.346. The van der Waals surface area contributed by atoms with E-state index < -0.39 is 11.7 Å². The SMILES string of the molecule is Cn1nc(Br)c2c(N3CCOC(c4ccc(C(F)(F)F)cc4)C3)ncnc21. The first-order valence-corrected chi connectivity index (χ1v) is 9.01. The van der Waals surface area contributed by atoms with Crippen molar-refractivity contribution in [2.45, 2.75) is 12.3 Å². The number of aromatic nitrogens is 4. The zero-order valence-corrected chi connectivity index (χ0v) is 15.8. The van der Waals surface area contributed by atoms with Crippen LogP contribution < -0.4 is 4.90 Å². The van der Waals surface area contributed by atoms with E-state index in [0.29, 0.717) is 35.5 Å². The highest BCUT2D eigenvalue weighted by molar-refractivity contribution is 9.10. The number of morpholine rings is 1. The smallest absolute Gasteiger partial charge is 0.370 e. The number of aryl methyl sites for hydroxylation is 1. The molecule has 4 rings (SSSR count). The van der Waals surface area contributed by atoms with Crippen LogP contribution in [0.4, 0.5) is 19.0 Å². The Morgan fingerprint density at radius 3 is 2.63 bits per heavy atom.